The Kier molecular flexibility index (Phi) is 8.70. The molecular formula is C28H36N6O3S2. The summed E-state index contributed by atoms with van der Waals surface area (Å²) in [4.78, 5) is 25.0. The number of aryl methyl sites for hydroxylation is 1. The zero-order valence-corrected chi connectivity index (χ0v) is 24.2. The van der Waals surface area contributed by atoms with E-state index in [4.69, 9.17) is 4.98 Å². The average molecular weight is 569 g/mol. The van der Waals surface area contributed by atoms with Gasteiger partial charge in [0.1, 0.15) is 16.1 Å². The van der Waals surface area contributed by atoms with Gasteiger partial charge in [0, 0.05) is 55.6 Å². The summed E-state index contributed by atoms with van der Waals surface area (Å²) in [6.07, 6.45) is 9.30. The molecule has 2 aromatic heterocycles. The van der Waals surface area contributed by atoms with Gasteiger partial charge in [-0.25, -0.2) is 13.4 Å². The molecule has 5 rings (SSSR count). The van der Waals surface area contributed by atoms with Crippen molar-refractivity contribution in [3.63, 3.8) is 0 Å². The summed E-state index contributed by atoms with van der Waals surface area (Å²) >= 11 is 1.35. The van der Waals surface area contributed by atoms with Crippen LogP contribution < -0.4 is 5.32 Å². The molecule has 9 nitrogen and oxygen atoms in total. The van der Waals surface area contributed by atoms with Crippen molar-refractivity contribution in [2.75, 3.05) is 37.2 Å². The van der Waals surface area contributed by atoms with E-state index < -0.39 is 16.1 Å². The minimum Gasteiger partial charge on any atom is -0.325 e. The fourth-order valence-electron chi connectivity index (χ4n) is 5.27. The maximum absolute atomic E-state index is 13.7. The van der Waals surface area contributed by atoms with Crippen LogP contribution in [-0.2, 0) is 21.4 Å². The molecule has 1 amide bonds. The first kappa shape index (κ1) is 27.8. The van der Waals surface area contributed by atoms with Gasteiger partial charge >= 0.3 is 0 Å². The van der Waals surface area contributed by atoms with Crippen molar-refractivity contribution in [2.24, 2.45) is 0 Å². The lowest BCUT2D eigenvalue weighted by molar-refractivity contribution is -0.121. The second-order valence-corrected chi connectivity index (χ2v) is 13.2. The van der Waals surface area contributed by atoms with Crippen LogP contribution in [0.5, 0.6) is 0 Å². The molecule has 0 radical (unpaired) electrons. The molecule has 1 atom stereocenters. The number of carbonyl (C=O) groups is 1. The Labute approximate surface area is 234 Å². The van der Waals surface area contributed by atoms with Crippen LogP contribution in [0.4, 0.5) is 5.69 Å². The Bertz CT molecular complexity index is 1450. The predicted octanol–water partition coefficient (Wildman–Crippen LogP) is 4.54. The Morgan fingerprint density at radius 2 is 2.05 bits per heavy atom. The number of carbonyl (C=O) groups excluding carboxylic acids is 1. The molecule has 11 heteroatoms. The lowest BCUT2D eigenvalue weighted by atomic mass is 10.1. The molecule has 1 saturated heterocycles. The van der Waals surface area contributed by atoms with E-state index in [-0.39, 0.29) is 5.91 Å². The van der Waals surface area contributed by atoms with E-state index in [1.165, 1.54) is 16.1 Å². The van der Waals surface area contributed by atoms with Gasteiger partial charge in [-0.1, -0.05) is 25.8 Å². The number of anilines is 1. The van der Waals surface area contributed by atoms with Gasteiger partial charge in [0.15, 0.2) is 0 Å². The second kappa shape index (κ2) is 12.2. The number of rotatable bonds is 10. The number of sulfonamides is 1. The number of benzene rings is 1. The van der Waals surface area contributed by atoms with E-state index in [0.29, 0.717) is 29.6 Å². The molecule has 3 aromatic rings. The summed E-state index contributed by atoms with van der Waals surface area (Å²) in [5, 5.41) is 3.01. The van der Waals surface area contributed by atoms with Crippen LogP contribution in [0.25, 0.3) is 22.4 Å². The Hall–Kier alpha value is -2.73. The van der Waals surface area contributed by atoms with Crippen molar-refractivity contribution in [1.82, 2.24) is 23.7 Å². The zero-order chi connectivity index (χ0) is 27.4. The topological polar surface area (TPSA) is 100 Å². The summed E-state index contributed by atoms with van der Waals surface area (Å²) in [6.45, 7) is 7.14. The van der Waals surface area contributed by atoms with Gasteiger partial charge in [-0.3, -0.25) is 14.7 Å². The van der Waals surface area contributed by atoms with Crippen molar-refractivity contribution in [2.45, 2.75) is 52.1 Å². The molecule has 2 aliphatic heterocycles. The molecule has 0 saturated carbocycles. The van der Waals surface area contributed by atoms with Gasteiger partial charge in [0.05, 0.1) is 11.0 Å². The number of piperazine rings is 1. The number of fused-ring (bicyclic) bond motifs is 1. The first-order valence-corrected chi connectivity index (χ1v) is 16.1. The number of imidazole rings is 1. The van der Waals surface area contributed by atoms with E-state index in [9.17, 15) is 13.2 Å². The lowest BCUT2D eigenvalue weighted by Gasteiger charge is -2.39. The minimum atomic E-state index is -3.72. The fourth-order valence-corrected chi connectivity index (χ4v) is 8.46. The van der Waals surface area contributed by atoms with Gasteiger partial charge in [-0.05, 0) is 56.6 Å². The molecular weight excluding hydrogens is 532 g/mol. The van der Waals surface area contributed by atoms with Crippen molar-refractivity contribution in [3.05, 3.63) is 53.0 Å². The molecule has 0 spiro atoms. The molecule has 1 fully saturated rings. The molecule has 0 bridgehead atoms. The number of thioether (sulfide) groups is 1. The van der Waals surface area contributed by atoms with E-state index in [1.807, 2.05) is 30.3 Å². The Morgan fingerprint density at radius 1 is 1.18 bits per heavy atom. The summed E-state index contributed by atoms with van der Waals surface area (Å²) < 4.78 is 31.0. The van der Waals surface area contributed by atoms with Gasteiger partial charge in [0.25, 0.3) is 0 Å². The second-order valence-electron chi connectivity index (χ2n) is 9.91. The molecule has 0 aliphatic carbocycles. The van der Waals surface area contributed by atoms with E-state index in [1.54, 1.807) is 18.5 Å². The Balaban J connectivity index is 1.40. The number of nitrogens with one attached hydrogen (secondary N) is 1. The zero-order valence-electron chi connectivity index (χ0n) is 22.5. The molecule has 1 N–H and O–H groups in total. The largest absolute Gasteiger partial charge is 0.325 e. The maximum Gasteiger partial charge on any atom is 0.249 e. The quantitative estimate of drug-likeness (QED) is 0.359. The molecule has 39 heavy (non-hydrogen) atoms. The molecule has 0 unspecified atom stereocenters. The number of hydrogen-bond acceptors (Lipinski definition) is 7. The van der Waals surface area contributed by atoms with E-state index in [2.05, 4.69) is 33.6 Å². The predicted molar refractivity (Wildman–Crippen MR) is 158 cm³/mol. The van der Waals surface area contributed by atoms with Gasteiger partial charge in [-0.2, -0.15) is 4.31 Å². The molecule has 208 valence electrons. The van der Waals surface area contributed by atoms with Gasteiger partial charge < -0.3 is 9.88 Å². The fraction of sp³-hybridized carbons (Fsp3) is 0.464. The highest BCUT2D eigenvalue weighted by atomic mass is 32.3. The van der Waals surface area contributed by atoms with Crippen molar-refractivity contribution in [3.8, 4) is 11.4 Å². The van der Waals surface area contributed by atoms with Crippen molar-refractivity contribution >= 4 is 44.4 Å². The maximum atomic E-state index is 13.7. The molecule has 1 aromatic carbocycles. The van der Waals surface area contributed by atoms with Gasteiger partial charge in [-0.15, -0.1) is 11.8 Å². The van der Waals surface area contributed by atoms with Crippen LogP contribution in [0.3, 0.4) is 0 Å². The van der Waals surface area contributed by atoms with E-state index in [0.717, 1.165) is 66.9 Å². The SMILES string of the molecule is CCCCCN1CCN(S(=O)(=O)C2=CCCS2)[C@H](C(=O)Nc2ccc3c(c2)nc(-c2cccnc2)n3CC)C1. The number of allylic oxidation sites excluding steroid dienone is 1. The third-order valence-electron chi connectivity index (χ3n) is 7.28. The summed E-state index contributed by atoms with van der Waals surface area (Å²) in [6, 6.07) is 8.73. The number of hydrogen-bond donors (Lipinski definition) is 1. The first-order valence-electron chi connectivity index (χ1n) is 13.7. The Morgan fingerprint density at radius 3 is 2.77 bits per heavy atom. The standard InChI is InChI=1S/C28H36N6O3S2/c1-3-5-6-14-32-15-16-34(39(36,37)26-10-8-17-38-26)25(20-32)28(35)30-22-11-12-24-23(18-22)31-27(33(24)4-2)21-9-7-13-29-19-21/h7,9-13,18-19,25H,3-6,8,14-17,20H2,1-2H3,(H,30,35)/t25-/m0/s1. The molecule has 2 aliphatic rings. The van der Waals surface area contributed by atoms with Gasteiger partial charge in [0.2, 0.25) is 15.9 Å². The van der Waals surface area contributed by atoms with Crippen LogP contribution >= 0.6 is 11.8 Å². The third kappa shape index (κ3) is 5.91. The highest BCUT2D eigenvalue weighted by Crippen LogP contribution is 2.34. The van der Waals surface area contributed by atoms with Crippen LogP contribution in [0, 0.1) is 0 Å². The van der Waals surface area contributed by atoms with E-state index >= 15 is 0 Å². The van der Waals surface area contributed by atoms with Crippen LogP contribution in [0.2, 0.25) is 0 Å². The summed E-state index contributed by atoms with van der Waals surface area (Å²) in [5.41, 5.74) is 3.24. The smallest absolute Gasteiger partial charge is 0.249 e. The molecule has 4 heterocycles. The number of aromatic nitrogens is 3. The lowest BCUT2D eigenvalue weighted by Crippen LogP contribution is -2.59. The number of pyridine rings is 1. The first-order chi connectivity index (χ1) is 18.9. The highest BCUT2D eigenvalue weighted by molar-refractivity contribution is 8.18. The van der Waals surface area contributed by atoms with Crippen LogP contribution in [0.15, 0.2) is 53.0 Å². The number of amides is 1. The monoisotopic (exact) mass is 568 g/mol. The number of unbranched alkanes of at least 4 members (excludes halogenated alkanes) is 2. The van der Waals surface area contributed by atoms with Crippen molar-refractivity contribution in [1.29, 1.82) is 0 Å². The van der Waals surface area contributed by atoms with Crippen molar-refractivity contribution < 1.29 is 13.2 Å². The highest BCUT2D eigenvalue weighted by Gasteiger charge is 2.41. The summed E-state index contributed by atoms with van der Waals surface area (Å²) in [7, 11) is -3.72. The van der Waals surface area contributed by atoms with Crippen LogP contribution in [-0.4, -0.2) is 76.0 Å². The third-order valence-corrected chi connectivity index (χ3v) is 10.9. The average Bonchev–Trinajstić information content (AvgIpc) is 3.62. The summed E-state index contributed by atoms with van der Waals surface area (Å²) in [5.74, 6) is 1.26. The number of nitrogens with zero attached hydrogens (tertiary/aromatic N) is 5. The normalized spacial score (nSPS) is 18.9. The minimum absolute atomic E-state index is 0.304. The van der Waals surface area contributed by atoms with Crippen LogP contribution in [0.1, 0.15) is 39.5 Å².